The second kappa shape index (κ2) is 7.44. The molecule has 2 rings (SSSR count). The highest BCUT2D eigenvalue weighted by atomic mass is 19.4. The van der Waals surface area contributed by atoms with E-state index in [1.165, 1.54) is 0 Å². The molecular formula is C17H23F3N2O2. The highest BCUT2D eigenvalue weighted by Crippen LogP contribution is 2.29. The molecule has 1 aliphatic rings. The number of nitrogens with zero attached hydrogens (tertiary/aromatic N) is 1. The Kier molecular flexibility index (Phi) is 5.77. The number of likely N-dealkylation sites (tertiary alicyclic amines) is 1. The summed E-state index contributed by atoms with van der Waals surface area (Å²) in [5, 5.41) is 13.4. The fraction of sp³-hybridized carbons (Fsp3) is 0.529. The first-order valence-corrected chi connectivity index (χ1v) is 7.81. The lowest BCUT2D eigenvalue weighted by atomic mass is 9.91. The van der Waals surface area contributed by atoms with Gasteiger partial charge in [-0.25, -0.2) is 0 Å². The van der Waals surface area contributed by atoms with Gasteiger partial charge in [-0.1, -0.05) is 18.7 Å². The minimum Gasteiger partial charge on any atom is -0.388 e. The molecule has 0 saturated carbocycles. The Morgan fingerprint density at radius 2 is 1.88 bits per heavy atom. The summed E-state index contributed by atoms with van der Waals surface area (Å²) in [7, 11) is 1.84. The number of alkyl halides is 3. The summed E-state index contributed by atoms with van der Waals surface area (Å²) >= 11 is 0. The van der Waals surface area contributed by atoms with Crippen molar-refractivity contribution in [2.24, 2.45) is 0 Å². The summed E-state index contributed by atoms with van der Waals surface area (Å²) in [5.74, 6) is 0. The van der Waals surface area contributed by atoms with Crippen molar-refractivity contribution >= 4 is 11.4 Å². The van der Waals surface area contributed by atoms with Gasteiger partial charge in [0.1, 0.15) is 6.61 Å². The molecule has 0 spiro atoms. The van der Waals surface area contributed by atoms with Crippen LogP contribution in [-0.4, -0.2) is 55.1 Å². The number of benzene rings is 1. The van der Waals surface area contributed by atoms with Gasteiger partial charge in [0.05, 0.1) is 12.2 Å². The Bertz CT molecular complexity index is 550. The van der Waals surface area contributed by atoms with Crippen molar-refractivity contribution < 1.29 is 23.0 Å². The van der Waals surface area contributed by atoms with Crippen LogP contribution in [0.4, 0.5) is 18.9 Å². The Hall–Kier alpha value is -1.73. The van der Waals surface area contributed by atoms with Gasteiger partial charge in [0.25, 0.3) is 0 Å². The lowest BCUT2D eigenvalue weighted by molar-refractivity contribution is -0.189. The largest absolute Gasteiger partial charge is 0.411 e. The maximum absolute atomic E-state index is 12.1. The van der Waals surface area contributed by atoms with E-state index in [-0.39, 0.29) is 6.61 Å². The third kappa shape index (κ3) is 5.14. The molecule has 0 radical (unpaired) electrons. The van der Waals surface area contributed by atoms with E-state index in [0.717, 1.165) is 16.9 Å². The fourth-order valence-electron chi connectivity index (χ4n) is 2.71. The van der Waals surface area contributed by atoms with Gasteiger partial charge in [-0.05, 0) is 30.5 Å². The number of rotatable bonds is 6. The molecule has 1 aliphatic heterocycles. The number of aliphatic hydroxyl groups is 1. The summed E-state index contributed by atoms with van der Waals surface area (Å²) < 4.78 is 41.0. The van der Waals surface area contributed by atoms with Crippen LogP contribution in [0.15, 0.2) is 30.8 Å². The molecule has 0 bridgehead atoms. The zero-order valence-electron chi connectivity index (χ0n) is 13.7. The van der Waals surface area contributed by atoms with Crippen molar-refractivity contribution in [3.63, 3.8) is 0 Å². The lowest BCUT2D eigenvalue weighted by Crippen LogP contribution is -2.46. The van der Waals surface area contributed by atoms with Crippen LogP contribution >= 0.6 is 0 Å². The third-order valence-corrected chi connectivity index (χ3v) is 4.22. The molecule has 7 heteroatoms. The lowest BCUT2D eigenvalue weighted by Gasteiger charge is -2.40. The Balaban J connectivity index is 1.85. The zero-order valence-corrected chi connectivity index (χ0v) is 13.7. The molecule has 0 amide bonds. The fourth-order valence-corrected chi connectivity index (χ4v) is 2.71. The summed E-state index contributed by atoms with van der Waals surface area (Å²) in [6.07, 6.45) is -3.68. The predicted octanol–water partition coefficient (Wildman–Crippen LogP) is 3.10. The molecule has 1 saturated heterocycles. The first-order valence-electron chi connectivity index (χ1n) is 7.81. The molecule has 0 unspecified atom stereocenters. The Morgan fingerprint density at radius 1 is 1.29 bits per heavy atom. The summed E-state index contributed by atoms with van der Waals surface area (Å²) in [5.41, 5.74) is 1.61. The minimum absolute atomic E-state index is 0.302. The maximum Gasteiger partial charge on any atom is 0.411 e. The molecule has 4 nitrogen and oxygen atoms in total. The number of halogens is 3. The zero-order chi connectivity index (χ0) is 17.8. The minimum atomic E-state index is -4.37. The predicted molar refractivity (Wildman–Crippen MR) is 87.7 cm³/mol. The Morgan fingerprint density at radius 3 is 2.38 bits per heavy atom. The van der Waals surface area contributed by atoms with Gasteiger partial charge in [0, 0.05) is 31.5 Å². The number of ether oxygens (including phenoxy) is 1. The van der Waals surface area contributed by atoms with Crippen LogP contribution in [0, 0.1) is 0 Å². The van der Waals surface area contributed by atoms with E-state index in [9.17, 15) is 18.3 Å². The number of hydrogen-bond acceptors (Lipinski definition) is 4. The number of hydrogen-bond donors (Lipinski definition) is 2. The smallest absolute Gasteiger partial charge is 0.388 e. The molecule has 134 valence electrons. The van der Waals surface area contributed by atoms with E-state index in [1.54, 1.807) is 0 Å². The van der Waals surface area contributed by atoms with Crippen LogP contribution in [-0.2, 0) is 4.74 Å². The SMILES string of the molecule is C=C(c1ccc(NC)cc1)N1CCC(O)(COCC(F)(F)F)CC1. The summed E-state index contributed by atoms with van der Waals surface area (Å²) in [6.45, 7) is 3.51. The van der Waals surface area contributed by atoms with E-state index >= 15 is 0 Å². The average Bonchev–Trinajstić information content (AvgIpc) is 2.54. The van der Waals surface area contributed by atoms with Gasteiger partial charge < -0.3 is 20.1 Å². The molecule has 0 aromatic heterocycles. The highest BCUT2D eigenvalue weighted by Gasteiger charge is 2.35. The topological polar surface area (TPSA) is 44.7 Å². The van der Waals surface area contributed by atoms with Crippen LogP contribution in [0.2, 0.25) is 0 Å². The van der Waals surface area contributed by atoms with Gasteiger partial charge in [0.15, 0.2) is 0 Å². The van der Waals surface area contributed by atoms with Crippen LogP contribution in [0.5, 0.6) is 0 Å². The average molecular weight is 344 g/mol. The first kappa shape index (κ1) is 18.6. The van der Waals surface area contributed by atoms with Crippen molar-refractivity contribution in [1.82, 2.24) is 4.90 Å². The molecule has 0 atom stereocenters. The third-order valence-electron chi connectivity index (χ3n) is 4.22. The maximum atomic E-state index is 12.1. The van der Waals surface area contributed by atoms with E-state index < -0.39 is 18.4 Å². The normalized spacial score (nSPS) is 17.6. The van der Waals surface area contributed by atoms with E-state index in [0.29, 0.717) is 25.9 Å². The number of piperidine rings is 1. The van der Waals surface area contributed by atoms with E-state index in [2.05, 4.69) is 16.6 Å². The van der Waals surface area contributed by atoms with Crippen LogP contribution in [0.3, 0.4) is 0 Å². The van der Waals surface area contributed by atoms with Gasteiger partial charge in [-0.15, -0.1) is 0 Å². The highest BCUT2D eigenvalue weighted by molar-refractivity contribution is 5.64. The van der Waals surface area contributed by atoms with Crippen LogP contribution in [0.1, 0.15) is 18.4 Å². The Labute approximate surface area is 139 Å². The van der Waals surface area contributed by atoms with E-state index in [1.807, 2.05) is 36.2 Å². The standard InChI is InChI=1S/C17H23F3N2O2/c1-13(14-3-5-15(21-2)6-4-14)22-9-7-16(23,8-10-22)11-24-12-17(18,19)20/h3-6,21,23H,1,7-12H2,2H3. The molecule has 1 heterocycles. The molecule has 2 N–H and O–H groups in total. The van der Waals surface area contributed by atoms with Crippen molar-refractivity contribution in [1.29, 1.82) is 0 Å². The van der Waals surface area contributed by atoms with Crippen LogP contribution in [0.25, 0.3) is 5.70 Å². The number of anilines is 1. The second-order valence-electron chi connectivity index (χ2n) is 6.09. The first-order chi connectivity index (χ1) is 11.2. The quantitative estimate of drug-likeness (QED) is 0.832. The molecule has 0 aliphatic carbocycles. The molecule has 1 aromatic carbocycles. The van der Waals surface area contributed by atoms with Gasteiger partial charge in [-0.3, -0.25) is 0 Å². The van der Waals surface area contributed by atoms with Crippen LogP contribution < -0.4 is 5.32 Å². The molecular weight excluding hydrogens is 321 g/mol. The number of nitrogens with one attached hydrogen (secondary N) is 1. The van der Waals surface area contributed by atoms with Crippen molar-refractivity contribution in [3.8, 4) is 0 Å². The summed E-state index contributed by atoms with van der Waals surface area (Å²) in [6, 6.07) is 7.82. The van der Waals surface area contributed by atoms with Crippen molar-refractivity contribution in [3.05, 3.63) is 36.4 Å². The molecule has 1 aromatic rings. The summed E-state index contributed by atoms with van der Waals surface area (Å²) in [4.78, 5) is 2.03. The van der Waals surface area contributed by atoms with Gasteiger partial charge >= 0.3 is 6.18 Å². The van der Waals surface area contributed by atoms with Gasteiger partial charge in [0.2, 0.25) is 0 Å². The van der Waals surface area contributed by atoms with Crippen molar-refractivity contribution in [2.75, 3.05) is 38.7 Å². The molecule has 1 fully saturated rings. The monoisotopic (exact) mass is 344 g/mol. The molecule has 24 heavy (non-hydrogen) atoms. The van der Waals surface area contributed by atoms with E-state index in [4.69, 9.17) is 0 Å². The van der Waals surface area contributed by atoms with Crippen molar-refractivity contribution in [2.45, 2.75) is 24.6 Å². The van der Waals surface area contributed by atoms with Gasteiger partial charge in [-0.2, -0.15) is 13.2 Å². The second-order valence-corrected chi connectivity index (χ2v) is 6.09.